The second kappa shape index (κ2) is 5.54. The molecule has 0 radical (unpaired) electrons. The zero-order valence-electron chi connectivity index (χ0n) is 11.9. The van der Waals surface area contributed by atoms with Gasteiger partial charge >= 0.3 is 0 Å². The van der Waals surface area contributed by atoms with Crippen LogP contribution in [-0.4, -0.2) is 12.6 Å². The Labute approximate surface area is 105 Å². The van der Waals surface area contributed by atoms with Gasteiger partial charge in [0, 0.05) is 17.1 Å². The first kappa shape index (κ1) is 14.0. The molecule has 0 saturated carbocycles. The van der Waals surface area contributed by atoms with E-state index in [1.807, 2.05) is 6.07 Å². The van der Waals surface area contributed by atoms with Crippen LogP contribution in [0.15, 0.2) is 18.2 Å². The van der Waals surface area contributed by atoms with Crippen molar-refractivity contribution in [3.05, 3.63) is 29.3 Å². The van der Waals surface area contributed by atoms with Crippen LogP contribution in [0.5, 0.6) is 5.75 Å². The molecule has 96 valence electrons. The molecule has 0 aromatic heterocycles. The van der Waals surface area contributed by atoms with Crippen LogP contribution >= 0.6 is 0 Å². The average molecular weight is 235 g/mol. The van der Waals surface area contributed by atoms with Gasteiger partial charge in [-0.2, -0.15) is 0 Å². The molecule has 1 aromatic carbocycles. The number of methoxy groups -OCH3 is 1. The fourth-order valence-corrected chi connectivity index (χ4v) is 1.96. The first-order valence-electron chi connectivity index (χ1n) is 6.32. The van der Waals surface area contributed by atoms with Crippen LogP contribution in [-0.2, 0) is 0 Å². The first-order chi connectivity index (χ1) is 7.89. The molecular formula is C15H25NO. The Bertz CT molecular complexity index is 371. The first-order valence-corrected chi connectivity index (χ1v) is 6.32. The van der Waals surface area contributed by atoms with Crippen LogP contribution in [0.2, 0.25) is 0 Å². The lowest BCUT2D eigenvalue weighted by Gasteiger charge is -2.30. The van der Waals surface area contributed by atoms with E-state index in [0.29, 0.717) is 6.04 Å². The predicted octanol–water partition coefficient (Wildman–Crippen LogP) is 3.84. The number of aryl methyl sites for hydroxylation is 1. The third-order valence-electron chi connectivity index (χ3n) is 3.34. The maximum Gasteiger partial charge on any atom is 0.123 e. The van der Waals surface area contributed by atoms with Crippen molar-refractivity contribution in [3.8, 4) is 5.75 Å². The summed E-state index contributed by atoms with van der Waals surface area (Å²) in [6, 6.07) is 6.61. The molecule has 17 heavy (non-hydrogen) atoms. The van der Waals surface area contributed by atoms with Crippen molar-refractivity contribution in [3.63, 3.8) is 0 Å². The highest BCUT2D eigenvalue weighted by molar-refractivity contribution is 5.39. The Morgan fingerprint density at radius 1 is 1.35 bits per heavy atom. The van der Waals surface area contributed by atoms with E-state index in [2.05, 4.69) is 52.1 Å². The molecule has 1 unspecified atom stereocenters. The molecule has 1 rings (SSSR count). The van der Waals surface area contributed by atoms with Gasteiger partial charge in [0.1, 0.15) is 5.75 Å². The van der Waals surface area contributed by atoms with Crippen molar-refractivity contribution in [2.45, 2.75) is 52.6 Å². The number of hydrogen-bond acceptors (Lipinski definition) is 2. The molecule has 0 fully saturated rings. The summed E-state index contributed by atoms with van der Waals surface area (Å²) in [6.45, 7) is 11.0. The predicted molar refractivity (Wildman–Crippen MR) is 73.7 cm³/mol. The number of nitrogens with one attached hydrogen (secondary N) is 1. The Morgan fingerprint density at radius 2 is 2.00 bits per heavy atom. The number of hydrogen-bond donors (Lipinski definition) is 1. The summed E-state index contributed by atoms with van der Waals surface area (Å²) in [4.78, 5) is 0. The zero-order valence-corrected chi connectivity index (χ0v) is 11.9. The normalized spacial score (nSPS) is 13.5. The summed E-state index contributed by atoms with van der Waals surface area (Å²) in [5.74, 6) is 0.961. The Kier molecular flexibility index (Phi) is 4.58. The van der Waals surface area contributed by atoms with E-state index in [9.17, 15) is 0 Å². The molecule has 2 heteroatoms. The summed E-state index contributed by atoms with van der Waals surface area (Å²) >= 11 is 0. The standard InChI is InChI=1S/C15H25NO/c1-7-15(4,5)16-12(3)13-10-11(2)8-9-14(13)17-6/h8-10,12,16H,7H2,1-6H3. The van der Waals surface area contributed by atoms with Gasteiger partial charge in [-0.25, -0.2) is 0 Å². The van der Waals surface area contributed by atoms with Gasteiger partial charge in [0.05, 0.1) is 7.11 Å². The molecule has 0 amide bonds. The second-order valence-corrected chi connectivity index (χ2v) is 5.35. The van der Waals surface area contributed by atoms with Crippen LogP contribution in [0.4, 0.5) is 0 Å². The molecule has 0 bridgehead atoms. The van der Waals surface area contributed by atoms with E-state index in [-0.39, 0.29) is 5.54 Å². The van der Waals surface area contributed by atoms with Crippen molar-refractivity contribution < 1.29 is 4.74 Å². The largest absolute Gasteiger partial charge is 0.496 e. The Hall–Kier alpha value is -1.02. The fourth-order valence-electron chi connectivity index (χ4n) is 1.96. The summed E-state index contributed by atoms with van der Waals surface area (Å²) in [7, 11) is 1.73. The molecule has 0 heterocycles. The lowest BCUT2D eigenvalue weighted by atomic mass is 9.97. The van der Waals surface area contributed by atoms with E-state index in [1.54, 1.807) is 7.11 Å². The van der Waals surface area contributed by atoms with E-state index < -0.39 is 0 Å². The van der Waals surface area contributed by atoms with Gasteiger partial charge in [-0.1, -0.05) is 24.6 Å². The molecule has 1 aromatic rings. The van der Waals surface area contributed by atoms with E-state index in [4.69, 9.17) is 4.74 Å². The number of rotatable bonds is 5. The van der Waals surface area contributed by atoms with Crippen molar-refractivity contribution in [2.75, 3.05) is 7.11 Å². The fraction of sp³-hybridized carbons (Fsp3) is 0.600. The molecule has 1 atom stereocenters. The monoisotopic (exact) mass is 235 g/mol. The molecule has 2 nitrogen and oxygen atoms in total. The van der Waals surface area contributed by atoms with Crippen LogP contribution < -0.4 is 10.1 Å². The van der Waals surface area contributed by atoms with E-state index >= 15 is 0 Å². The summed E-state index contributed by atoms with van der Waals surface area (Å²) < 4.78 is 5.43. The third kappa shape index (κ3) is 3.74. The highest BCUT2D eigenvalue weighted by Crippen LogP contribution is 2.27. The topological polar surface area (TPSA) is 21.3 Å². The van der Waals surface area contributed by atoms with Gasteiger partial charge in [-0.15, -0.1) is 0 Å². The smallest absolute Gasteiger partial charge is 0.123 e. The van der Waals surface area contributed by atoms with Crippen molar-refractivity contribution in [2.24, 2.45) is 0 Å². The lowest BCUT2D eigenvalue weighted by molar-refractivity contribution is 0.329. The minimum atomic E-state index is 0.147. The SMILES string of the molecule is CCC(C)(C)NC(C)c1cc(C)ccc1OC. The number of ether oxygens (including phenoxy) is 1. The average Bonchev–Trinajstić information content (AvgIpc) is 2.28. The Balaban J connectivity index is 2.95. The van der Waals surface area contributed by atoms with Gasteiger partial charge in [0.2, 0.25) is 0 Å². The molecule has 0 saturated heterocycles. The van der Waals surface area contributed by atoms with Gasteiger partial charge in [0.25, 0.3) is 0 Å². The van der Waals surface area contributed by atoms with Crippen LogP contribution in [0.25, 0.3) is 0 Å². The molecule has 0 aliphatic heterocycles. The van der Waals surface area contributed by atoms with Crippen molar-refractivity contribution >= 4 is 0 Å². The third-order valence-corrected chi connectivity index (χ3v) is 3.34. The molecule has 1 N–H and O–H groups in total. The molecule has 0 aliphatic rings. The van der Waals surface area contributed by atoms with Crippen LogP contribution in [0.1, 0.15) is 51.3 Å². The quantitative estimate of drug-likeness (QED) is 0.837. The minimum absolute atomic E-state index is 0.147. The molecule has 0 spiro atoms. The lowest BCUT2D eigenvalue weighted by Crippen LogP contribution is -2.40. The number of benzene rings is 1. The summed E-state index contributed by atoms with van der Waals surface area (Å²) in [6.07, 6.45) is 1.10. The highest BCUT2D eigenvalue weighted by Gasteiger charge is 2.20. The van der Waals surface area contributed by atoms with E-state index in [1.165, 1.54) is 11.1 Å². The van der Waals surface area contributed by atoms with E-state index in [0.717, 1.165) is 12.2 Å². The highest BCUT2D eigenvalue weighted by atomic mass is 16.5. The minimum Gasteiger partial charge on any atom is -0.496 e. The van der Waals surface area contributed by atoms with Gasteiger partial charge < -0.3 is 10.1 Å². The summed E-state index contributed by atoms with van der Waals surface area (Å²) in [5.41, 5.74) is 2.64. The van der Waals surface area contributed by atoms with Crippen molar-refractivity contribution in [1.29, 1.82) is 0 Å². The maximum absolute atomic E-state index is 5.43. The molecule has 0 aliphatic carbocycles. The zero-order chi connectivity index (χ0) is 13.1. The Morgan fingerprint density at radius 3 is 2.53 bits per heavy atom. The van der Waals surface area contributed by atoms with Crippen molar-refractivity contribution in [1.82, 2.24) is 5.32 Å². The van der Waals surface area contributed by atoms with Crippen LogP contribution in [0.3, 0.4) is 0 Å². The van der Waals surface area contributed by atoms with Gasteiger partial charge in [-0.05, 0) is 40.2 Å². The van der Waals surface area contributed by atoms with Gasteiger partial charge in [-0.3, -0.25) is 0 Å². The van der Waals surface area contributed by atoms with Crippen LogP contribution in [0, 0.1) is 6.92 Å². The second-order valence-electron chi connectivity index (χ2n) is 5.35. The summed E-state index contributed by atoms with van der Waals surface area (Å²) in [5, 5.41) is 3.64. The van der Waals surface area contributed by atoms with Gasteiger partial charge in [0.15, 0.2) is 0 Å². The molecular weight excluding hydrogens is 210 g/mol. The maximum atomic E-state index is 5.43.